The number of ketones is 1. The topological polar surface area (TPSA) is 46.1 Å². The van der Waals surface area contributed by atoms with E-state index in [1.807, 2.05) is 12.4 Å². The van der Waals surface area contributed by atoms with Gasteiger partial charge in [0.1, 0.15) is 5.78 Å². The summed E-state index contributed by atoms with van der Waals surface area (Å²) in [4.78, 5) is 22.2. The van der Waals surface area contributed by atoms with Gasteiger partial charge in [0.05, 0.1) is 0 Å². The number of carbonyl (C=O) groups is 1. The number of anilines is 1. The Morgan fingerprint density at radius 1 is 0.950 bits per heavy atom. The molecule has 0 aliphatic carbocycles. The van der Waals surface area contributed by atoms with Crippen LogP contribution in [0.2, 0.25) is 0 Å². The Bertz CT molecular complexity index is 595. The third-order valence-electron chi connectivity index (χ3n) is 3.63. The zero-order chi connectivity index (χ0) is 13.9. The van der Waals surface area contributed by atoms with E-state index in [0.29, 0.717) is 24.6 Å². The Hall–Kier alpha value is -2.23. The van der Waals surface area contributed by atoms with Crippen molar-refractivity contribution in [2.75, 3.05) is 18.0 Å². The number of aromatic nitrogens is 2. The summed E-state index contributed by atoms with van der Waals surface area (Å²) < 4.78 is 0. The lowest BCUT2D eigenvalue weighted by atomic mass is 10.1. The molecule has 1 aromatic heterocycles. The molecule has 0 bridgehead atoms. The summed E-state index contributed by atoms with van der Waals surface area (Å²) in [6, 6.07) is 8.32. The number of hydrogen-bond donors (Lipinski definition) is 0. The second-order valence-electron chi connectivity index (χ2n) is 5.16. The third kappa shape index (κ3) is 2.69. The number of aryl methyl sites for hydroxylation is 1. The molecular formula is C16H17N3O. The molecule has 1 aromatic carbocycles. The number of hydrogen-bond acceptors (Lipinski definition) is 4. The smallest absolute Gasteiger partial charge is 0.225 e. The van der Waals surface area contributed by atoms with Gasteiger partial charge in [-0.3, -0.25) is 4.79 Å². The Morgan fingerprint density at radius 3 is 2.15 bits per heavy atom. The Kier molecular flexibility index (Phi) is 3.46. The quantitative estimate of drug-likeness (QED) is 0.839. The van der Waals surface area contributed by atoms with Crippen molar-refractivity contribution in [3.8, 4) is 11.1 Å². The van der Waals surface area contributed by atoms with E-state index in [9.17, 15) is 4.79 Å². The normalized spacial score (nSPS) is 15.4. The van der Waals surface area contributed by atoms with Gasteiger partial charge in [-0.05, 0) is 12.5 Å². The van der Waals surface area contributed by atoms with Gasteiger partial charge in [-0.2, -0.15) is 0 Å². The number of rotatable bonds is 2. The van der Waals surface area contributed by atoms with E-state index in [4.69, 9.17) is 0 Å². The molecule has 1 aliphatic rings. The molecule has 0 unspecified atom stereocenters. The van der Waals surface area contributed by atoms with Gasteiger partial charge in [-0.25, -0.2) is 9.97 Å². The van der Waals surface area contributed by atoms with E-state index in [0.717, 1.165) is 24.2 Å². The lowest BCUT2D eigenvalue weighted by Gasteiger charge is -2.25. The highest BCUT2D eigenvalue weighted by Gasteiger charge is 2.18. The summed E-state index contributed by atoms with van der Waals surface area (Å²) in [5, 5.41) is 0. The zero-order valence-electron chi connectivity index (χ0n) is 11.5. The first-order valence-electron chi connectivity index (χ1n) is 6.88. The molecule has 0 saturated carbocycles. The Morgan fingerprint density at radius 2 is 1.55 bits per heavy atom. The van der Waals surface area contributed by atoms with Gasteiger partial charge in [-0.1, -0.05) is 29.8 Å². The lowest BCUT2D eigenvalue weighted by Crippen LogP contribution is -2.34. The van der Waals surface area contributed by atoms with Crippen LogP contribution in [0.15, 0.2) is 36.7 Å². The molecule has 0 N–H and O–H groups in total. The van der Waals surface area contributed by atoms with Crippen molar-refractivity contribution >= 4 is 11.7 Å². The van der Waals surface area contributed by atoms with E-state index in [1.165, 1.54) is 5.56 Å². The fourth-order valence-corrected chi connectivity index (χ4v) is 2.34. The maximum Gasteiger partial charge on any atom is 0.225 e. The molecule has 1 aliphatic heterocycles. The van der Waals surface area contributed by atoms with Crippen LogP contribution in [0.1, 0.15) is 18.4 Å². The molecule has 0 amide bonds. The highest BCUT2D eigenvalue weighted by Crippen LogP contribution is 2.20. The van der Waals surface area contributed by atoms with Gasteiger partial charge in [0.2, 0.25) is 5.95 Å². The van der Waals surface area contributed by atoms with Crippen LogP contribution in [0.25, 0.3) is 11.1 Å². The highest BCUT2D eigenvalue weighted by atomic mass is 16.1. The SMILES string of the molecule is Cc1ccc(-c2cnc(N3CCC(=O)CC3)nc2)cc1. The average molecular weight is 267 g/mol. The van der Waals surface area contributed by atoms with Gasteiger partial charge in [-0.15, -0.1) is 0 Å². The molecule has 0 atom stereocenters. The number of piperidine rings is 1. The average Bonchev–Trinajstić information content (AvgIpc) is 2.49. The molecule has 0 radical (unpaired) electrons. The molecular weight excluding hydrogens is 250 g/mol. The number of benzene rings is 1. The van der Waals surface area contributed by atoms with Crippen LogP contribution >= 0.6 is 0 Å². The van der Waals surface area contributed by atoms with Crippen molar-refractivity contribution in [3.05, 3.63) is 42.2 Å². The highest BCUT2D eigenvalue weighted by molar-refractivity contribution is 5.80. The number of Topliss-reactive ketones (excluding diaryl/α,β-unsaturated/α-hetero) is 1. The van der Waals surface area contributed by atoms with Crippen LogP contribution in [0, 0.1) is 6.92 Å². The van der Waals surface area contributed by atoms with Crippen molar-refractivity contribution in [2.24, 2.45) is 0 Å². The summed E-state index contributed by atoms with van der Waals surface area (Å²) >= 11 is 0. The second kappa shape index (κ2) is 5.41. The predicted octanol–water partition coefficient (Wildman–Crippen LogP) is 2.62. The van der Waals surface area contributed by atoms with Crippen LogP contribution in [0.3, 0.4) is 0 Å². The lowest BCUT2D eigenvalue weighted by molar-refractivity contribution is -0.119. The summed E-state index contributed by atoms with van der Waals surface area (Å²) in [6.07, 6.45) is 4.90. The molecule has 2 aromatic rings. The molecule has 3 rings (SSSR count). The molecule has 4 nitrogen and oxygen atoms in total. The number of nitrogens with zero attached hydrogens (tertiary/aromatic N) is 3. The van der Waals surface area contributed by atoms with E-state index < -0.39 is 0 Å². The van der Waals surface area contributed by atoms with Crippen LogP contribution in [0.5, 0.6) is 0 Å². The van der Waals surface area contributed by atoms with Gasteiger partial charge in [0, 0.05) is 43.9 Å². The van der Waals surface area contributed by atoms with Crippen molar-refractivity contribution in [1.82, 2.24) is 9.97 Å². The van der Waals surface area contributed by atoms with Gasteiger partial charge >= 0.3 is 0 Å². The second-order valence-corrected chi connectivity index (χ2v) is 5.16. The Balaban J connectivity index is 1.77. The summed E-state index contributed by atoms with van der Waals surface area (Å²) in [5.74, 6) is 1.05. The molecule has 4 heteroatoms. The van der Waals surface area contributed by atoms with Crippen molar-refractivity contribution < 1.29 is 4.79 Å². The zero-order valence-corrected chi connectivity index (χ0v) is 11.5. The fraction of sp³-hybridized carbons (Fsp3) is 0.312. The number of carbonyl (C=O) groups excluding carboxylic acids is 1. The van der Waals surface area contributed by atoms with Crippen LogP contribution in [-0.4, -0.2) is 28.8 Å². The fourth-order valence-electron chi connectivity index (χ4n) is 2.34. The minimum Gasteiger partial charge on any atom is -0.340 e. The van der Waals surface area contributed by atoms with Crippen LogP contribution in [0.4, 0.5) is 5.95 Å². The molecule has 20 heavy (non-hydrogen) atoms. The first kappa shape index (κ1) is 12.8. The van der Waals surface area contributed by atoms with Crippen molar-refractivity contribution in [2.45, 2.75) is 19.8 Å². The molecule has 2 heterocycles. The first-order valence-corrected chi connectivity index (χ1v) is 6.88. The minimum atomic E-state index is 0.331. The largest absolute Gasteiger partial charge is 0.340 e. The standard InChI is InChI=1S/C16H17N3O/c1-12-2-4-13(5-3-12)14-10-17-16(18-11-14)19-8-6-15(20)7-9-19/h2-5,10-11H,6-9H2,1H3. The van der Waals surface area contributed by atoms with E-state index in [2.05, 4.69) is 46.1 Å². The molecule has 0 spiro atoms. The van der Waals surface area contributed by atoms with E-state index >= 15 is 0 Å². The van der Waals surface area contributed by atoms with Crippen LogP contribution in [-0.2, 0) is 4.79 Å². The molecule has 1 saturated heterocycles. The third-order valence-corrected chi connectivity index (χ3v) is 3.63. The van der Waals surface area contributed by atoms with E-state index in [-0.39, 0.29) is 0 Å². The van der Waals surface area contributed by atoms with E-state index in [1.54, 1.807) is 0 Å². The monoisotopic (exact) mass is 267 g/mol. The van der Waals surface area contributed by atoms with Crippen LogP contribution < -0.4 is 4.90 Å². The van der Waals surface area contributed by atoms with Crippen molar-refractivity contribution in [3.63, 3.8) is 0 Å². The predicted molar refractivity (Wildman–Crippen MR) is 78.7 cm³/mol. The maximum absolute atomic E-state index is 11.2. The summed E-state index contributed by atoms with van der Waals surface area (Å²) in [7, 11) is 0. The first-order chi connectivity index (χ1) is 9.72. The Labute approximate surface area is 118 Å². The molecule has 102 valence electrons. The van der Waals surface area contributed by atoms with Gasteiger partial charge in [0.25, 0.3) is 0 Å². The van der Waals surface area contributed by atoms with Gasteiger partial charge < -0.3 is 4.90 Å². The van der Waals surface area contributed by atoms with Crippen molar-refractivity contribution in [1.29, 1.82) is 0 Å². The molecule has 1 fully saturated rings. The maximum atomic E-state index is 11.2. The summed E-state index contributed by atoms with van der Waals surface area (Å²) in [6.45, 7) is 3.52. The summed E-state index contributed by atoms with van der Waals surface area (Å²) in [5.41, 5.74) is 3.38. The minimum absolute atomic E-state index is 0.331. The van der Waals surface area contributed by atoms with Gasteiger partial charge in [0.15, 0.2) is 0 Å².